The van der Waals surface area contributed by atoms with Crippen LogP contribution in [0.1, 0.15) is 30.7 Å². The zero-order valence-electron chi connectivity index (χ0n) is 18.7. The van der Waals surface area contributed by atoms with Gasteiger partial charge in [0.25, 0.3) is 0 Å². The van der Waals surface area contributed by atoms with E-state index in [2.05, 4.69) is 26.4 Å². The van der Waals surface area contributed by atoms with E-state index < -0.39 is 19.9 Å². The van der Waals surface area contributed by atoms with E-state index in [1.807, 2.05) is 17.5 Å². The summed E-state index contributed by atoms with van der Waals surface area (Å²) in [6.07, 6.45) is 1.37. The lowest BCUT2D eigenvalue weighted by molar-refractivity contribution is 0.569. The molecule has 0 radical (unpaired) electrons. The molecule has 1 fully saturated rings. The number of aliphatic imine (C=N–C) groups is 1. The van der Waals surface area contributed by atoms with Gasteiger partial charge < -0.3 is 10.6 Å². The van der Waals surface area contributed by atoms with Crippen LogP contribution >= 0.6 is 28.3 Å². The van der Waals surface area contributed by atoms with Crippen molar-refractivity contribution in [3.8, 4) is 0 Å². The molecule has 2 heterocycles. The smallest absolute Gasteiger partial charge is 0.240 e. The molecule has 2 aromatic rings. The van der Waals surface area contributed by atoms with Crippen molar-refractivity contribution in [2.75, 3.05) is 18.1 Å². The molecule has 3 rings (SSSR count). The third-order valence-corrected chi connectivity index (χ3v) is 9.20. The Bertz CT molecular complexity index is 1130. The topological polar surface area (TPSA) is 117 Å². The van der Waals surface area contributed by atoms with Crippen molar-refractivity contribution in [3.63, 3.8) is 0 Å². The number of thiophene rings is 1. The van der Waals surface area contributed by atoms with Gasteiger partial charge in [0, 0.05) is 23.5 Å². The average Bonchev–Trinajstić information content (AvgIpc) is 3.34. The van der Waals surface area contributed by atoms with E-state index in [-0.39, 0.29) is 52.0 Å². The molecule has 0 saturated carbocycles. The number of sulfone groups is 1. The molecule has 0 amide bonds. The van der Waals surface area contributed by atoms with Crippen LogP contribution in [0.3, 0.4) is 0 Å². The van der Waals surface area contributed by atoms with Gasteiger partial charge in [-0.1, -0.05) is 18.2 Å². The van der Waals surface area contributed by atoms with Gasteiger partial charge in [-0.3, -0.25) is 0 Å². The maximum Gasteiger partial charge on any atom is 0.240 e. The lowest BCUT2D eigenvalue weighted by atomic mass is 10.2. The third-order valence-electron chi connectivity index (χ3n) is 4.84. The van der Waals surface area contributed by atoms with Gasteiger partial charge in [0.15, 0.2) is 15.8 Å². The Hall–Kier alpha value is -1.47. The Morgan fingerprint density at radius 1 is 1.24 bits per heavy atom. The normalized spacial score (nSPS) is 18.2. The summed E-state index contributed by atoms with van der Waals surface area (Å²) < 4.78 is 51.1. The van der Waals surface area contributed by atoms with E-state index >= 15 is 0 Å². The second-order valence-corrected chi connectivity index (χ2v) is 13.1. The number of hydrogen-bond donors (Lipinski definition) is 3. The molecule has 12 heteroatoms. The molecule has 1 aliphatic rings. The van der Waals surface area contributed by atoms with E-state index in [0.29, 0.717) is 18.9 Å². The van der Waals surface area contributed by atoms with E-state index in [1.165, 1.54) is 4.88 Å². The molecule has 0 spiro atoms. The van der Waals surface area contributed by atoms with Gasteiger partial charge in [-0.2, -0.15) is 0 Å². The van der Waals surface area contributed by atoms with Crippen molar-refractivity contribution in [2.45, 2.75) is 50.2 Å². The molecule has 3 N–H and O–H groups in total. The predicted molar refractivity (Wildman–Crippen MR) is 140 cm³/mol. The number of rotatable bonds is 9. The molecule has 33 heavy (non-hydrogen) atoms. The lowest BCUT2D eigenvalue weighted by Crippen LogP contribution is -2.44. The molecule has 1 aromatic carbocycles. The van der Waals surface area contributed by atoms with E-state index in [1.54, 1.807) is 43.4 Å². The van der Waals surface area contributed by atoms with Gasteiger partial charge in [0.1, 0.15) is 0 Å². The molecule has 1 aromatic heterocycles. The molecule has 8 nitrogen and oxygen atoms in total. The minimum Gasteiger partial charge on any atom is -0.356 e. The minimum atomic E-state index is -3.59. The average molecular weight is 580 g/mol. The van der Waals surface area contributed by atoms with E-state index in [9.17, 15) is 16.8 Å². The number of nitrogens with zero attached hydrogens (tertiary/aromatic N) is 1. The van der Waals surface area contributed by atoms with Gasteiger partial charge in [-0.25, -0.2) is 26.6 Å². The van der Waals surface area contributed by atoms with Crippen LogP contribution in [-0.2, 0) is 32.8 Å². The number of sulfonamides is 1. The predicted octanol–water partition coefficient (Wildman–Crippen LogP) is 2.48. The standard InChI is InChI=1S/C21H30N4O4S3.BrH/c1-16(2)25-32(28,29)20-7-3-5-17(13-20)14-23-21(22-10-8-19-6-4-11-30-19)24-18-9-12-31(26,27)15-18;/h3-7,11,13,16,18,25H,8-10,12,14-15H2,1-2H3,(H2,22,23,24);1H. The zero-order valence-corrected chi connectivity index (χ0v) is 22.8. The highest BCUT2D eigenvalue weighted by atomic mass is 79.9. The fourth-order valence-electron chi connectivity index (χ4n) is 3.37. The lowest BCUT2D eigenvalue weighted by Gasteiger charge is -2.17. The third kappa shape index (κ3) is 9.01. The molecular formula is C21H31BrN4O4S3. The van der Waals surface area contributed by atoms with Crippen molar-refractivity contribution >= 4 is 54.1 Å². The summed E-state index contributed by atoms with van der Waals surface area (Å²) in [6.45, 7) is 4.46. The van der Waals surface area contributed by atoms with Gasteiger partial charge in [0.05, 0.1) is 22.9 Å². The highest BCUT2D eigenvalue weighted by Crippen LogP contribution is 2.14. The Morgan fingerprint density at radius 3 is 2.67 bits per heavy atom. The molecule has 1 atom stereocenters. The Kier molecular flexibility index (Phi) is 10.3. The van der Waals surface area contributed by atoms with Crippen LogP contribution in [0.15, 0.2) is 51.7 Å². The summed E-state index contributed by atoms with van der Waals surface area (Å²) in [5.41, 5.74) is 0.745. The Morgan fingerprint density at radius 2 is 2.03 bits per heavy atom. The SMILES string of the molecule is Br.CC(C)NS(=O)(=O)c1cccc(CN=C(NCCc2cccs2)NC2CCS(=O)(=O)C2)c1. The summed E-state index contributed by atoms with van der Waals surface area (Å²) in [7, 11) is -6.60. The number of benzene rings is 1. The van der Waals surface area contributed by atoms with Crippen LogP contribution in [-0.4, -0.2) is 52.9 Å². The first-order valence-corrected chi connectivity index (χ1v) is 14.7. The fourth-order valence-corrected chi connectivity index (χ4v) is 7.08. The molecule has 1 unspecified atom stereocenters. The van der Waals surface area contributed by atoms with Gasteiger partial charge in [-0.05, 0) is 55.8 Å². The zero-order chi connectivity index (χ0) is 23.2. The van der Waals surface area contributed by atoms with Crippen LogP contribution in [0, 0.1) is 0 Å². The molecule has 1 aliphatic heterocycles. The first-order chi connectivity index (χ1) is 15.1. The number of hydrogen-bond acceptors (Lipinski definition) is 6. The van der Waals surface area contributed by atoms with Crippen molar-refractivity contribution < 1.29 is 16.8 Å². The van der Waals surface area contributed by atoms with Crippen LogP contribution in [0.2, 0.25) is 0 Å². The van der Waals surface area contributed by atoms with Gasteiger partial charge in [0.2, 0.25) is 10.0 Å². The minimum absolute atomic E-state index is 0. The molecule has 0 aliphatic carbocycles. The Balaban J connectivity index is 0.00000385. The molecular weight excluding hydrogens is 548 g/mol. The number of halogens is 1. The van der Waals surface area contributed by atoms with Crippen molar-refractivity contribution in [1.29, 1.82) is 0 Å². The maximum absolute atomic E-state index is 12.5. The summed E-state index contributed by atoms with van der Waals surface area (Å²) in [5, 5.41) is 8.53. The van der Waals surface area contributed by atoms with Gasteiger partial charge >= 0.3 is 0 Å². The molecule has 0 bridgehead atoms. The van der Waals surface area contributed by atoms with Crippen LogP contribution in [0.4, 0.5) is 0 Å². The van der Waals surface area contributed by atoms with Crippen molar-refractivity contribution in [2.24, 2.45) is 4.99 Å². The highest BCUT2D eigenvalue weighted by molar-refractivity contribution is 8.93. The number of nitrogens with one attached hydrogen (secondary N) is 3. The van der Waals surface area contributed by atoms with Crippen molar-refractivity contribution in [3.05, 3.63) is 52.2 Å². The van der Waals surface area contributed by atoms with Crippen LogP contribution < -0.4 is 15.4 Å². The van der Waals surface area contributed by atoms with Crippen molar-refractivity contribution in [1.82, 2.24) is 15.4 Å². The summed E-state index contributed by atoms with van der Waals surface area (Å²) >= 11 is 1.68. The highest BCUT2D eigenvalue weighted by Gasteiger charge is 2.28. The van der Waals surface area contributed by atoms with E-state index in [4.69, 9.17) is 0 Å². The van der Waals surface area contributed by atoms with Gasteiger partial charge in [-0.15, -0.1) is 28.3 Å². The summed E-state index contributed by atoms with van der Waals surface area (Å²) in [6, 6.07) is 10.4. The van der Waals surface area contributed by atoms with E-state index in [0.717, 1.165) is 12.0 Å². The summed E-state index contributed by atoms with van der Waals surface area (Å²) in [4.78, 5) is 6.04. The quantitative estimate of drug-likeness (QED) is 0.311. The van der Waals surface area contributed by atoms with Crippen LogP contribution in [0.25, 0.3) is 0 Å². The largest absolute Gasteiger partial charge is 0.356 e. The van der Waals surface area contributed by atoms with Crippen LogP contribution in [0.5, 0.6) is 0 Å². The number of guanidine groups is 1. The monoisotopic (exact) mass is 578 g/mol. The fraction of sp³-hybridized carbons (Fsp3) is 0.476. The summed E-state index contributed by atoms with van der Waals surface area (Å²) in [5.74, 6) is 0.792. The first-order valence-electron chi connectivity index (χ1n) is 10.5. The molecule has 184 valence electrons. The maximum atomic E-state index is 12.5. The molecule has 1 saturated heterocycles. The second kappa shape index (κ2) is 12.3. The Labute approximate surface area is 211 Å². The second-order valence-electron chi connectivity index (χ2n) is 8.09. The first kappa shape index (κ1) is 27.8.